The largest absolute Gasteiger partial charge is 0.407 e. The molecule has 1 saturated carbocycles. The van der Waals surface area contributed by atoms with Gasteiger partial charge >= 0.3 is 0 Å². The quantitative estimate of drug-likeness (QED) is 0.216. The summed E-state index contributed by atoms with van der Waals surface area (Å²) in [4.78, 5) is 12.1. The van der Waals surface area contributed by atoms with Gasteiger partial charge in [0, 0.05) is 11.8 Å². The Bertz CT molecular complexity index is 1030. The van der Waals surface area contributed by atoms with Crippen molar-refractivity contribution in [2.45, 2.75) is 51.6 Å². The third kappa shape index (κ3) is 5.33. The van der Waals surface area contributed by atoms with Crippen LogP contribution in [-0.2, 0) is 14.6 Å². The first-order valence-corrected chi connectivity index (χ1v) is 13.8. The third-order valence-electron chi connectivity index (χ3n) is 7.15. The summed E-state index contributed by atoms with van der Waals surface area (Å²) in [5, 5.41) is 2.58. The van der Waals surface area contributed by atoms with E-state index in [9.17, 15) is 4.79 Å². The molecule has 1 aliphatic carbocycles. The van der Waals surface area contributed by atoms with Crippen LogP contribution in [0, 0.1) is 11.3 Å². The lowest BCUT2D eigenvalue weighted by Gasteiger charge is -2.36. The number of carbonyl (C=O) groups is 1. The molecule has 3 aromatic rings. The van der Waals surface area contributed by atoms with E-state index in [0.29, 0.717) is 12.3 Å². The van der Waals surface area contributed by atoms with Crippen molar-refractivity contribution in [2.24, 2.45) is 17.2 Å². The molecule has 3 unspecified atom stereocenters. The van der Waals surface area contributed by atoms with Crippen LogP contribution in [0.4, 0.5) is 0 Å². The fourth-order valence-corrected chi connectivity index (χ4v) is 8.06. The SMILES string of the molecule is CC(C)(C)C(O[SiH](c1ccccc1)c1ccccc1)C1CC1(CCC(=O)NN)c1ccccc1. The van der Waals surface area contributed by atoms with E-state index in [4.69, 9.17) is 10.3 Å². The van der Waals surface area contributed by atoms with E-state index in [2.05, 4.69) is 111 Å². The van der Waals surface area contributed by atoms with Gasteiger partial charge in [-0.2, -0.15) is 0 Å². The number of amides is 1. The Morgan fingerprint density at radius 3 is 1.94 bits per heavy atom. The highest BCUT2D eigenvalue weighted by atomic mass is 28.3. The standard InChI is InChI=1S/C29H36N2O2Si/c1-28(2,3)27(33-34(23-15-9-5-10-16-23)24-17-11-6-12-18-24)25-21-29(25,20-19-26(32)31-30)22-13-7-4-8-14-22/h4-18,25,27,34H,19-21,30H2,1-3H3,(H,31,32). The van der Waals surface area contributed by atoms with Gasteiger partial charge in [-0.1, -0.05) is 112 Å². The van der Waals surface area contributed by atoms with Crippen molar-refractivity contribution in [3.63, 3.8) is 0 Å². The Kier molecular flexibility index (Phi) is 7.36. The van der Waals surface area contributed by atoms with Crippen molar-refractivity contribution < 1.29 is 9.22 Å². The summed E-state index contributed by atoms with van der Waals surface area (Å²) < 4.78 is 7.23. The minimum absolute atomic E-state index is 0.0495. The molecule has 1 fully saturated rings. The molecule has 0 aliphatic heterocycles. The first-order valence-electron chi connectivity index (χ1n) is 12.2. The van der Waals surface area contributed by atoms with Gasteiger partial charge in [0.25, 0.3) is 0 Å². The van der Waals surface area contributed by atoms with E-state index in [1.807, 2.05) is 6.07 Å². The smallest absolute Gasteiger partial charge is 0.240 e. The number of nitrogens with one attached hydrogen (secondary N) is 1. The zero-order valence-corrected chi connectivity index (χ0v) is 21.6. The molecule has 0 bridgehead atoms. The maximum absolute atomic E-state index is 12.1. The zero-order valence-electron chi connectivity index (χ0n) is 20.4. The van der Waals surface area contributed by atoms with Crippen molar-refractivity contribution in [1.29, 1.82) is 0 Å². The van der Waals surface area contributed by atoms with Gasteiger partial charge in [0.15, 0.2) is 0 Å². The molecule has 0 radical (unpaired) electrons. The number of hydrogen-bond donors (Lipinski definition) is 2. The molecule has 3 N–H and O–H groups in total. The van der Waals surface area contributed by atoms with Gasteiger partial charge in [0.2, 0.25) is 14.9 Å². The highest BCUT2D eigenvalue weighted by Gasteiger charge is 2.60. The molecule has 3 atom stereocenters. The highest BCUT2D eigenvalue weighted by Crippen LogP contribution is 2.61. The van der Waals surface area contributed by atoms with Crippen LogP contribution in [-0.4, -0.2) is 21.1 Å². The number of carbonyl (C=O) groups excluding carboxylic acids is 1. The lowest BCUT2D eigenvalue weighted by Crippen LogP contribution is -2.50. The fraction of sp³-hybridized carbons (Fsp3) is 0.345. The minimum Gasteiger partial charge on any atom is -0.407 e. The molecule has 0 aromatic heterocycles. The molecule has 3 aromatic carbocycles. The minimum atomic E-state index is -1.92. The fourth-order valence-electron chi connectivity index (χ4n) is 5.33. The van der Waals surface area contributed by atoms with E-state index in [-0.39, 0.29) is 22.8 Å². The predicted octanol–water partition coefficient (Wildman–Crippen LogP) is 3.68. The molecule has 0 saturated heterocycles. The lowest BCUT2D eigenvalue weighted by atomic mass is 9.80. The van der Waals surface area contributed by atoms with Gasteiger partial charge in [0.1, 0.15) is 0 Å². The van der Waals surface area contributed by atoms with Crippen LogP contribution in [0.15, 0.2) is 91.0 Å². The number of rotatable bonds is 9. The normalized spacial score (nSPS) is 20.7. The van der Waals surface area contributed by atoms with Crippen molar-refractivity contribution in [2.75, 3.05) is 0 Å². The van der Waals surface area contributed by atoms with E-state index in [1.54, 1.807) is 0 Å². The summed E-state index contributed by atoms with van der Waals surface area (Å²) in [6.07, 6.45) is 2.26. The number of benzene rings is 3. The topological polar surface area (TPSA) is 64.3 Å². The first kappa shape index (κ1) is 24.4. The number of nitrogens with two attached hydrogens (primary N) is 1. The van der Waals surface area contributed by atoms with Gasteiger partial charge in [0.05, 0.1) is 6.10 Å². The van der Waals surface area contributed by atoms with Crippen molar-refractivity contribution in [3.8, 4) is 0 Å². The Morgan fingerprint density at radius 1 is 0.971 bits per heavy atom. The lowest BCUT2D eigenvalue weighted by molar-refractivity contribution is -0.121. The summed E-state index contributed by atoms with van der Waals surface area (Å²) in [7, 11) is -1.92. The summed E-state index contributed by atoms with van der Waals surface area (Å²) in [5.41, 5.74) is 3.47. The summed E-state index contributed by atoms with van der Waals surface area (Å²) in [6, 6.07) is 32.0. The van der Waals surface area contributed by atoms with Gasteiger partial charge in [-0.3, -0.25) is 10.2 Å². The average Bonchev–Trinajstić information content (AvgIpc) is 3.59. The second kappa shape index (κ2) is 10.3. The van der Waals surface area contributed by atoms with Gasteiger partial charge in [-0.05, 0) is 40.1 Å². The average molecular weight is 473 g/mol. The summed E-state index contributed by atoms with van der Waals surface area (Å²) in [5.74, 6) is 5.62. The van der Waals surface area contributed by atoms with E-state index < -0.39 is 9.04 Å². The Labute approximate surface area is 205 Å². The molecule has 178 valence electrons. The van der Waals surface area contributed by atoms with E-state index >= 15 is 0 Å². The second-order valence-corrected chi connectivity index (χ2v) is 12.9. The van der Waals surface area contributed by atoms with Crippen LogP contribution < -0.4 is 21.6 Å². The van der Waals surface area contributed by atoms with Crippen molar-refractivity contribution >= 4 is 25.3 Å². The van der Waals surface area contributed by atoms with Crippen molar-refractivity contribution in [1.82, 2.24) is 5.43 Å². The number of hydrogen-bond acceptors (Lipinski definition) is 3. The molecule has 1 aliphatic rings. The van der Waals surface area contributed by atoms with E-state index in [1.165, 1.54) is 15.9 Å². The van der Waals surface area contributed by atoms with Gasteiger partial charge in [-0.15, -0.1) is 0 Å². The second-order valence-electron chi connectivity index (χ2n) is 10.5. The molecule has 0 spiro atoms. The molecular formula is C29H36N2O2Si. The zero-order chi connectivity index (χ0) is 24.2. The highest BCUT2D eigenvalue weighted by molar-refractivity contribution is 6.80. The van der Waals surface area contributed by atoms with Crippen LogP contribution in [0.2, 0.25) is 0 Å². The molecule has 4 nitrogen and oxygen atoms in total. The van der Waals surface area contributed by atoms with E-state index in [0.717, 1.165) is 12.8 Å². The molecule has 0 heterocycles. The Morgan fingerprint density at radius 2 is 1.47 bits per heavy atom. The molecule has 5 heteroatoms. The van der Waals surface area contributed by atoms with Gasteiger partial charge in [-0.25, -0.2) is 5.84 Å². The molecule has 34 heavy (non-hydrogen) atoms. The maximum atomic E-state index is 12.1. The maximum Gasteiger partial charge on any atom is 0.240 e. The third-order valence-corrected chi connectivity index (χ3v) is 9.69. The molecule has 4 rings (SSSR count). The molecule has 1 amide bonds. The van der Waals surface area contributed by atoms with Crippen LogP contribution in [0.1, 0.15) is 45.6 Å². The summed E-state index contributed by atoms with van der Waals surface area (Å²) in [6.45, 7) is 6.83. The van der Waals surface area contributed by atoms with Crippen LogP contribution in [0.3, 0.4) is 0 Å². The van der Waals surface area contributed by atoms with Crippen molar-refractivity contribution in [3.05, 3.63) is 96.6 Å². The van der Waals surface area contributed by atoms with Crippen LogP contribution >= 0.6 is 0 Å². The monoisotopic (exact) mass is 472 g/mol. The van der Waals surface area contributed by atoms with Crippen LogP contribution in [0.5, 0.6) is 0 Å². The Hall–Kier alpha value is -2.73. The Balaban J connectivity index is 1.69. The number of hydrazine groups is 1. The van der Waals surface area contributed by atoms with Gasteiger partial charge < -0.3 is 4.43 Å². The molecular weight excluding hydrogens is 436 g/mol. The summed E-state index contributed by atoms with van der Waals surface area (Å²) >= 11 is 0. The predicted molar refractivity (Wildman–Crippen MR) is 141 cm³/mol. The van der Waals surface area contributed by atoms with Crippen LogP contribution in [0.25, 0.3) is 0 Å². The first-order chi connectivity index (χ1) is 16.3.